The molecule has 0 saturated carbocycles. The average Bonchev–Trinajstić information content (AvgIpc) is 3.51. The van der Waals surface area contributed by atoms with Gasteiger partial charge in [0.15, 0.2) is 0 Å². The molecule has 1 aliphatic heterocycles. The lowest BCUT2D eigenvalue weighted by Gasteiger charge is -2.21. The van der Waals surface area contributed by atoms with E-state index < -0.39 is 0 Å². The third-order valence-electron chi connectivity index (χ3n) is 4.72. The number of nitrogens with zero attached hydrogens (tertiary/aromatic N) is 1. The van der Waals surface area contributed by atoms with Crippen molar-refractivity contribution in [1.82, 2.24) is 15.5 Å². The monoisotopic (exact) mass is 407 g/mol. The van der Waals surface area contributed by atoms with Crippen molar-refractivity contribution < 1.29 is 14.3 Å². The molecular weight excluding hydrogens is 366 g/mol. The van der Waals surface area contributed by atoms with Gasteiger partial charge in [0.25, 0.3) is 0 Å². The lowest BCUT2D eigenvalue weighted by atomic mass is 10.2. The fraction of sp³-hybridized carbons (Fsp3) is 0.739. The Kier molecular flexibility index (Phi) is 15.1. The molecule has 29 heavy (non-hydrogen) atoms. The fourth-order valence-corrected chi connectivity index (χ4v) is 2.97. The Bertz CT molecular complexity index is 464. The van der Waals surface area contributed by atoms with E-state index in [0.717, 1.165) is 64.8 Å². The standard InChI is InChI=1S/C23H41N3O3/c1-3-5-7-9-11-13-22(27)24-15-17-26(19-21-20-29-21)18-16-25-23(28)14-12-10-8-6-4-2/h5-8,21H,3-4,9-20H2,1-2H3,(H,24,27)(H,25,28)/b7-5+,8-6+. The van der Waals surface area contributed by atoms with E-state index in [9.17, 15) is 9.59 Å². The number of rotatable bonds is 18. The minimum atomic E-state index is 0.114. The molecule has 1 atom stereocenters. The number of hydrogen-bond donors (Lipinski definition) is 2. The third kappa shape index (κ3) is 15.9. The number of unbranched alkanes of at least 4 members (excludes halogenated alkanes) is 2. The van der Waals surface area contributed by atoms with Crippen LogP contribution in [0.2, 0.25) is 0 Å². The molecule has 1 heterocycles. The molecule has 0 aromatic rings. The molecule has 0 aromatic carbocycles. The van der Waals surface area contributed by atoms with Crippen LogP contribution in [-0.2, 0) is 14.3 Å². The molecule has 1 rings (SSSR count). The normalized spacial score (nSPS) is 16.0. The summed E-state index contributed by atoms with van der Waals surface area (Å²) in [7, 11) is 0. The molecule has 1 fully saturated rings. The zero-order valence-electron chi connectivity index (χ0n) is 18.5. The zero-order chi connectivity index (χ0) is 21.2. The first-order valence-corrected chi connectivity index (χ1v) is 11.3. The van der Waals surface area contributed by atoms with Crippen molar-refractivity contribution in [3.8, 4) is 0 Å². The Balaban J connectivity index is 2.13. The van der Waals surface area contributed by atoms with E-state index in [2.05, 4.69) is 53.7 Å². The Morgan fingerprint density at radius 2 is 1.38 bits per heavy atom. The highest BCUT2D eigenvalue weighted by molar-refractivity contribution is 5.76. The molecule has 6 heteroatoms. The molecule has 2 amide bonds. The van der Waals surface area contributed by atoms with Crippen molar-refractivity contribution in [2.75, 3.05) is 39.3 Å². The molecule has 0 radical (unpaired) electrons. The van der Waals surface area contributed by atoms with Crippen LogP contribution in [-0.4, -0.2) is 62.1 Å². The number of hydrogen-bond acceptors (Lipinski definition) is 4. The summed E-state index contributed by atoms with van der Waals surface area (Å²) in [6.45, 7) is 8.71. The van der Waals surface area contributed by atoms with Gasteiger partial charge in [0.2, 0.25) is 11.8 Å². The van der Waals surface area contributed by atoms with Gasteiger partial charge in [-0.1, -0.05) is 38.2 Å². The van der Waals surface area contributed by atoms with Crippen molar-refractivity contribution in [3.63, 3.8) is 0 Å². The van der Waals surface area contributed by atoms with Crippen LogP contribution in [0, 0.1) is 0 Å². The number of carbonyl (C=O) groups excluding carboxylic acids is 2. The van der Waals surface area contributed by atoms with Gasteiger partial charge in [0.1, 0.15) is 0 Å². The predicted molar refractivity (Wildman–Crippen MR) is 119 cm³/mol. The van der Waals surface area contributed by atoms with E-state index in [1.54, 1.807) is 0 Å². The van der Waals surface area contributed by atoms with Gasteiger partial charge in [-0.05, 0) is 38.5 Å². The Labute approximate surface area is 177 Å². The summed E-state index contributed by atoms with van der Waals surface area (Å²) >= 11 is 0. The SMILES string of the molecule is CC/C=C/CCCC(=O)NCCN(CCNC(=O)CCC/C=C/CC)CC1CO1. The van der Waals surface area contributed by atoms with Gasteiger partial charge < -0.3 is 15.4 Å². The van der Waals surface area contributed by atoms with Crippen LogP contribution in [0.5, 0.6) is 0 Å². The molecule has 0 bridgehead atoms. The lowest BCUT2D eigenvalue weighted by Crippen LogP contribution is -2.41. The van der Waals surface area contributed by atoms with E-state index in [1.165, 1.54) is 0 Å². The quantitative estimate of drug-likeness (QED) is 0.208. The topological polar surface area (TPSA) is 74.0 Å². The van der Waals surface area contributed by atoms with Crippen molar-refractivity contribution in [3.05, 3.63) is 24.3 Å². The second-order valence-electron chi connectivity index (χ2n) is 7.50. The molecule has 1 saturated heterocycles. The predicted octanol–water partition coefficient (Wildman–Crippen LogP) is 3.19. The number of allylic oxidation sites excluding steroid dienone is 4. The van der Waals surface area contributed by atoms with E-state index in [-0.39, 0.29) is 11.8 Å². The second kappa shape index (κ2) is 17.2. The first kappa shape index (κ1) is 25.4. The highest BCUT2D eigenvalue weighted by Crippen LogP contribution is 2.10. The fourth-order valence-electron chi connectivity index (χ4n) is 2.97. The van der Waals surface area contributed by atoms with E-state index in [1.807, 2.05) is 0 Å². The molecule has 6 nitrogen and oxygen atoms in total. The van der Waals surface area contributed by atoms with Gasteiger partial charge in [-0.3, -0.25) is 14.5 Å². The molecule has 0 aliphatic carbocycles. The summed E-state index contributed by atoms with van der Waals surface area (Å²) in [5.41, 5.74) is 0. The Hall–Kier alpha value is -1.66. The number of epoxide rings is 1. The number of amides is 2. The number of ether oxygens (including phenoxy) is 1. The van der Waals surface area contributed by atoms with Gasteiger partial charge in [0, 0.05) is 45.6 Å². The molecule has 1 unspecified atom stereocenters. The highest BCUT2D eigenvalue weighted by atomic mass is 16.6. The highest BCUT2D eigenvalue weighted by Gasteiger charge is 2.25. The smallest absolute Gasteiger partial charge is 0.220 e. The minimum absolute atomic E-state index is 0.114. The van der Waals surface area contributed by atoms with Crippen molar-refractivity contribution in [2.24, 2.45) is 0 Å². The first-order valence-electron chi connectivity index (χ1n) is 11.3. The second-order valence-corrected chi connectivity index (χ2v) is 7.50. The van der Waals surface area contributed by atoms with Gasteiger partial charge in [-0.15, -0.1) is 0 Å². The summed E-state index contributed by atoms with van der Waals surface area (Å²) in [6.07, 6.45) is 15.8. The molecular formula is C23H41N3O3. The Morgan fingerprint density at radius 3 is 1.79 bits per heavy atom. The van der Waals surface area contributed by atoms with Crippen molar-refractivity contribution >= 4 is 11.8 Å². The summed E-state index contributed by atoms with van der Waals surface area (Å²) < 4.78 is 5.34. The average molecular weight is 408 g/mol. The van der Waals surface area contributed by atoms with Crippen LogP contribution >= 0.6 is 0 Å². The molecule has 0 spiro atoms. The molecule has 0 aromatic heterocycles. The van der Waals surface area contributed by atoms with Crippen LogP contribution in [0.25, 0.3) is 0 Å². The lowest BCUT2D eigenvalue weighted by molar-refractivity contribution is -0.121. The van der Waals surface area contributed by atoms with Gasteiger partial charge in [-0.25, -0.2) is 0 Å². The Morgan fingerprint density at radius 1 is 0.897 bits per heavy atom. The van der Waals surface area contributed by atoms with E-state index in [4.69, 9.17) is 4.74 Å². The maximum absolute atomic E-state index is 11.9. The maximum atomic E-state index is 11.9. The van der Waals surface area contributed by atoms with Crippen LogP contribution in [0.1, 0.15) is 65.2 Å². The largest absolute Gasteiger partial charge is 0.372 e. The maximum Gasteiger partial charge on any atom is 0.220 e. The molecule has 166 valence electrons. The summed E-state index contributed by atoms with van der Waals surface area (Å²) in [6, 6.07) is 0. The van der Waals surface area contributed by atoms with E-state index in [0.29, 0.717) is 32.0 Å². The van der Waals surface area contributed by atoms with Crippen molar-refractivity contribution in [1.29, 1.82) is 0 Å². The first-order chi connectivity index (χ1) is 14.2. The number of nitrogens with one attached hydrogen (secondary N) is 2. The van der Waals surface area contributed by atoms with Gasteiger partial charge >= 0.3 is 0 Å². The van der Waals surface area contributed by atoms with Crippen LogP contribution in [0.4, 0.5) is 0 Å². The van der Waals surface area contributed by atoms with E-state index >= 15 is 0 Å². The zero-order valence-corrected chi connectivity index (χ0v) is 18.5. The summed E-state index contributed by atoms with van der Waals surface area (Å²) in [5.74, 6) is 0.228. The van der Waals surface area contributed by atoms with Gasteiger partial charge in [-0.2, -0.15) is 0 Å². The summed E-state index contributed by atoms with van der Waals surface area (Å²) in [4.78, 5) is 26.1. The van der Waals surface area contributed by atoms with Crippen molar-refractivity contribution in [2.45, 2.75) is 71.3 Å². The summed E-state index contributed by atoms with van der Waals surface area (Å²) in [5, 5.41) is 6.00. The number of carbonyl (C=O) groups is 2. The third-order valence-corrected chi connectivity index (χ3v) is 4.72. The van der Waals surface area contributed by atoms with Crippen LogP contribution in [0.15, 0.2) is 24.3 Å². The molecule has 2 N–H and O–H groups in total. The van der Waals surface area contributed by atoms with Crippen LogP contribution in [0.3, 0.4) is 0 Å². The molecule has 1 aliphatic rings. The van der Waals surface area contributed by atoms with Gasteiger partial charge in [0.05, 0.1) is 12.7 Å². The van der Waals surface area contributed by atoms with Crippen LogP contribution < -0.4 is 10.6 Å². The minimum Gasteiger partial charge on any atom is -0.372 e.